The fraction of sp³-hybridized carbons (Fsp3) is 0.529. The predicted molar refractivity (Wildman–Crippen MR) is 94.7 cm³/mol. The van der Waals surface area contributed by atoms with Gasteiger partial charge in [0.05, 0.1) is 0 Å². The van der Waals surface area contributed by atoms with E-state index in [1.165, 1.54) is 6.42 Å². The molecule has 0 aromatic heterocycles. The van der Waals surface area contributed by atoms with E-state index < -0.39 is 6.29 Å². The highest BCUT2D eigenvalue weighted by Crippen LogP contribution is 2.31. The van der Waals surface area contributed by atoms with Crippen LogP contribution >= 0.6 is 0 Å². The number of nitrogens with zero attached hydrogens (tertiary/aromatic N) is 2. The average Bonchev–Trinajstić information content (AvgIpc) is 2.55. The van der Waals surface area contributed by atoms with Crippen LogP contribution in [0.2, 0.25) is 0 Å². The van der Waals surface area contributed by atoms with Crippen molar-refractivity contribution in [3.63, 3.8) is 0 Å². The molecule has 1 aromatic carbocycles. The molecule has 3 rings (SSSR count). The zero-order valence-electron chi connectivity index (χ0n) is 14.0. The quantitative estimate of drug-likeness (QED) is 0.632. The van der Waals surface area contributed by atoms with Gasteiger partial charge in [-0.25, -0.2) is 4.99 Å². The van der Waals surface area contributed by atoms with E-state index in [0.717, 1.165) is 31.4 Å². The molecule has 24 heavy (non-hydrogen) atoms. The molecule has 0 saturated heterocycles. The van der Waals surface area contributed by atoms with E-state index in [9.17, 15) is 5.11 Å². The van der Waals surface area contributed by atoms with E-state index in [-0.39, 0.29) is 5.66 Å². The number of benzene rings is 1. The molecule has 1 fully saturated rings. The van der Waals surface area contributed by atoms with Crippen LogP contribution in [0.4, 0.5) is 5.69 Å². The number of nitrogens with two attached hydrogens (primary N) is 1. The zero-order chi connectivity index (χ0) is 17.0. The number of ether oxygens (including phenoxy) is 1. The molecule has 130 valence electrons. The first-order valence-corrected chi connectivity index (χ1v) is 8.49. The number of aliphatic imine (C=N–C) groups is 2. The molecule has 0 bridgehead atoms. The number of aliphatic hydroxyl groups is 1. The van der Waals surface area contributed by atoms with E-state index in [2.05, 4.69) is 20.6 Å². The second-order valence-electron chi connectivity index (χ2n) is 6.21. The van der Waals surface area contributed by atoms with E-state index in [1.807, 2.05) is 31.2 Å². The number of rotatable bonds is 4. The van der Waals surface area contributed by atoms with Crippen molar-refractivity contribution < 1.29 is 9.84 Å². The molecule has 1 aliphatic heterocycles. The lowest BCUT2D eigenvalue weighted by Crippen LogP contribution is -2.54. The maximum absolute atomic E-state index is 9.96. The van der Waals surface area contributed by atoms with Crippen LogP contribution in [0.25, 0.3) is 0 Å². The smallest absolute Gasteiger partial charge is 0.220 e. The summed E-state index contributed by atoms with van der Waals surface area (Å²) in [7, 11) is 0. The Morgan fingerprint density at radius 2 is 2.17 bits per heavy atom. The summed E-state index contributed by atoms with van der Waals surface area (Å²) in [5.74, 6) is 0.885. The zero-order valence-corrected chi connectivity index (χ0v) is 14.0. The Kier molecular flexibility index (Phi) is 5.01. The highest BCUT2D eigenvalue weighted by atomic mass is 16.6. The second-order valence-corrected chi connectivity index (χ2v) is 6.21. The van der Waals surface area contributed by atoms with Crippen LogP contribution in [0, 0.1) is 0 Å². The normalized spacial score (nSPS) is 20.8. The Bertz CT molecular complexity index is 638. The summed E-state index contributed by atoms with van der Waals surface area (Å²) in [6.07, 6.45) is 4.47. The molecule has 0 amide bonds. The molecule has 7 nitrogen and oxygen atoms in total. The summed E-state index contributed by atoms with van der Waals surface area (Å²) in [6.45, 7) is 2.29. The van der Waals surface area contributed by atoms with E-state index >= 15 is 0 Å². The second kappa shape index (κ2) is 7.19. The van der Waals surface area contributed by atoms with E-state index in [4.69, 9.17) is 10.5 Å². The van der Waals surface area contributed by atoms with Crippen molar-refractivity contribution in [1.29, 1.82) is 0 Å². The van der Waals surface area contributed by atoms with Crippen molar-refractivity contribution in [2.75, 3.05) is 11.9 Å². The number of aliphatic hydroxyl groups excluding tert-OH is 1. The Morgan fingerprint density at radius 1 is 1.38 bits per heavy atom. The Morgan fingerprint density at radius 3 is 2.92 bits per heavy atom. The Labute approximate surface area is 142 Å². The molecule has 1 atom stereocenters. The lowest BCUT2D eigenvalue weighted by atomic mass is 9.89. The highest BCUT2D eigenvalue weighted by Gasteiger charge is 2.35. The molecule has 1 aliphatic carbocycles. The van der Waals surface area contributed by atoms with Crippen molar-refractivity contribution in [2.45, 2.75) is 51.0 Å². The molecule has 2 aliphatic rings. The molecule has 1 spiro atoms. The summed E-state index contributed by atoms with van der Waals surface area (Å²) in [5.41, 5.74) is 7.08. The SMILES string of the molecule is CCOC(O)c1cccc(NC2=NC(N)=NC3(CCCCC3)N2)c1. The van der Waals surface area contributed by atoms with Crippen LogP contribution in [0.15, 0.2) is 34.3 Å². The summed E-state index contributed by atoms with van der Waals surface area (Å²) in [6, 6.07) is 7.42. The summed E-state index contributed by atoms with van der Waals surface area (Å²) < 4.78 is 5.22. The van der Waals surface area contributed by atoms with Crippen LogP contribution < -0.4 is 16.4 Å². The van der Waals surface area contributed by atoms with Crippen molar-refractivity contribution in [1.82, 2.24) is 5.32 Å². The van der Waals surface area contributed by atoms with Gasteiger partial charge in [-0.3, -0.25) is 0 Å². The first kappa shape index (κ1) is 16.7. The molecule has 1 saturated carbocycles. The molecule has 1 unspecified atom stereocenters. The number of nitrogens with one attached hydrogen (secondary N) is 2. The Balaban J connectivity index is 1.74. The number of hydrogen-bond acceptors (Lipinski definition) is 7. The molecular weight excluding hydrogens is 306 g/mol. The molecular formula is C17H25N5O2. The Hall–Kier alpha value is -2.12. The molecule has 7 heteroatoms. The predicted octanol–water partition coefficient (Wildman–Crippen LogP) is 2.06. The van der Waals surface area contributed by atoms with Gasteiger partial charge < -0.3 is 26.2 Å². The fourth-order valence-electron chi connectivity index (χ4n) is 3.23. The maximum Gasteiger partial charge on any atom is 0.220 e. The van der Waals surface area contributed by atoms with Gasteiger partial charge in [-0.05, 0) is 44.7 Å². The molecule has 5 N–H and O–H groups in total. The third kappa shape index (κ3) is 3.85. The van der Waals surface area contributed by atoms with Crippen molar-refractivity contribution >= 4 is 17.6 Å². The monoisotopic (exact) mass is 331 g/mol. The van der Waals surface area contributed by atoms with Gasteiger partial charge in [0.1, 0.15) is 5.66 Å². The minimum absolute atomic E-state index is 0.295. The minimum Gasteiger partial charge on any atom is -0.368 e. The fourth-order valence-corrected chi connectivity index (χ4v) is 3.23. The van der Waals surface area contributed by atoms with Crippen LogP contribution in [-0.4, -0.2) is 29.3 Å². The van der Waals surface area contributed by atoms with Crippen molar-refractivity contribution in [3.8, 4) is 0 Å². The first-order chi connectivity index (χ1) is 11.6. The van der Waals surface area contributed by atoms with Gasteiger partial charge in [-0.15, -0.1) is 0 Å². The van der Waals surface area contributed by atoms with E-state index in [1.54, 1.807) is 0 Å². The van der Waals surface area contributed by atoms with Crippen LogP contribution in [0.1, 0.15) is 50.9 Å². The van der Waals surface area contributed by atoms with Gasteiger partial charge >= 0.3 is 0 Å². The largest absolute Gasteiger partial charge is 0.368 e. The first-order valence-electron chi connectivity index (χ1n) is 8.49. The molecule has 1 aromatic rings. The van der Waals surface area contributed by atoms with Crippen molar-refractivity contribution in [2.24, 2.45) is 15.7 Å². The molecule has 0 radical (unpaired) electrons. The number of anilines is 1. The van der Waals surface area contributed by atoms with Crippen LogP contribution in [0.3, 0.4) is 0 Å². The molecule has 1 heterocycles. The summed E-state index contributed by atoms with van der Waals surface area (Å²) in [4.78, 5) is 8.80. The highest BCUT2D eigenvalue weighted by molar-refractivity contribution is 6.03. The van der Waals surface area contributed by atoms with Crippen LogP contribution in [0.5, 0.6) is 0 Å². The van der Waals surface area contributed by atoms with Gasteiger partial charge in [0.2, 0.25) is 11.9 Å². The third-order valence-electron chi connectivity index (χ3n) is 4.35. The lowest BCUT2D eigenvalue weighted by Gasteiger charge is -2.37. The minimum atomic E-state index is -0.936. The van der Waals surface area contributed by atoms with Gasteiger partial charge in [0, 0.05) is 17.9 Å². The third-order valence-corrected chi connectivity index (χ3v) is 4.35. The number of guanidine groups is 2. The van der Waals surface area contributed by atoms with Gasteiger partial charge in [-0.1, -0.05) is 18.6 Å². The summed E-state index contributed by atoms with van der Waals surface area (Å²) in [5, 5.41) is 16.6. The topological polar surface area (TPSA) is 104 Å². The standard InChI is InChI=1S/C17H25N5O2/c1-2-24-14(23)12-7-6-8-13(11-12)19-16-20-15(18)21-17(22-16)9-4-3-5-10-17/h6-8,11,14,23H,2-5,9-10H2,1H3,(H4,18,19,20,21,22). The van der Waals surface area contributed by atoms with Gasteiger partial charge in [0.25, 0.3) is 0 Å². The lowest BCUT2D eigenvalue weighted by molar-refractivity contribution is -0.0979. The van der Waals surface area contributed by atoms with Gasteiger partial charge in [-0.2, -0.15) is 4.99 Å². The summed E-state index contributed by atoms with van der Waals surface area (Å²) >= 11 is 0. The van der Waals surface area contributed by atoms with Crippen molar-refractivity contribution in [3.05, 3.63) is 29.8 Å². The maximum atomic E-state index is 9.96. The van der Waals surface area contributed by atoms with E-state index in [0.29, 0.717) is 24.1 Å². The average molecular weight is 331 g/mol. The van der Waals surface area contributed by atoms with Crippen LogP contribution in [-0.2, 0) is 4.74 Å². The van der Waals surface area contributed by atoms with Gasteiger partial charge in [0.15, 0.2) is 6.29 Å². The number of hydrogen-bond donors (Lipinski definition) is 4.